The topological polar surface area (TPSA) is 67.2 Å². The van der Waals surface area contributed by atoms with Gasteiger partial charge in [-0.1, -0.05) is 0 Å². The Morgan fingerprint density at radius 1 is 1.05 bits per heavy atom. The fourth-order valence-corrected chi connectivity index (χ4v) is 5.27. The second kappa shape index (κ2) is 9.54. The third-order valence-corrected chi connectivity index (χ3v) is 7.38. The number of hydrogen-bond donors (Lipinski definition) is 1. The van der Waals surface area contributed by atoms with E-state index in [1.807, 2.05) is 36.0 Å². The Morgan fingerprint density at radius 2 is 1.82 bits per heavy atom. The first-order chi connectivity index (χ1) is 18.4. The Hall–Kier alpha value is -4.30. The number of aromatic hydroxyl groups is 1. The summed E-state index contributed by atoms with van der Waals surface area (Å²) in [4.78, 5) is 17.7. The molecule has 7 nitrogen and oxygen atoms in total. The number of hydrogen-bond acceptors (Lipinski definition) is 6. The van der Waals surface area contributed by atoms with E-state index in [9.17, 15) is 14.3 Å². The van der Waals surface area contributed by atoms with Crippen molar-refractivity contribution in [2.75, 3.05) is 38.2 Å². The van der Waals surface area contributed by atoms with Crippen LogP contribution in [-0.2, 0) is 13.6 Å². The summed E-state index contributed by atoms with van der Waals surface area (Å²) in [5.41, 5.74) is 3.91. The first kappa shape index (κ1) is 24.1. The third kappa shape index (κ3) is 4.26. The number of methoxy groups -OCH3 is 1. The first-order valence-electron chi connectivity index (χ1n) is 12.6. The summed E-state index contributed by atoms with van der Waals surface area (Å²) in [6, 6.07) is 15.5. The number of fused-ring (bicyclic) bond motifs is 2. The van der Waals surface area contributed by atoms with E-state index in [2.05, 4.69) is 9.80 Å². The van der Waals surface area contributed by atoms with Crippen LogP contribution < -0.4 is 14.4 Å². The van der Waals surface area contributed by atoms with Gasteiger partial charge < -0.3 is 24.0 Å². The molecule has 2 aliphatic heterocycles. The molecule has 8 heteroatoms. The number of Topliss-reactive ketones (excluding diaryl/α,β-unsaturated/α-hetero) is 1. The van der Waals surface area contributed by atoms with Gasteiger partial charge in [0.1, 0.15) is 23.1 Å². The van der Waals surface area contributed by atoms with Gasteiger partial charge in [-0.15, -0.1) is 0 Å². The van der Waals surface area contributed by atoms with Crippen LogP contribution in [0.5, 0.6) is 17.2 Å². The predicted octanol–water partition coefficient (Wildman–Crippen LogP) is 4.97. The van der Waals surface area contributed by atoms with Crippen LogP contribution in [0.15, 0.2) is 66.6 Å². The fourth-order valence-electron chi connectivity index (χ4n) is 5.27. The molecule has 1 aromatic heterocycles. The van der Waals surface area contributed by atoms with Crippen LogP contribution in [0.4, 0.5) is 10.1 Å². The number of ketones is 1. The normalized spacial score (nSPS) is 16.8. The van der Waals surface area contributed by atoms with Crippen molar-refractivity contribution in [2.24, 2.45) is 7.05 Å². The zero-order chi connectivity index (χ0) is 26.4. The Bertz CT molecular complexity index is 1570. The minimum atomic E-state index is -0.246. The summed E-state index contributed by atoms with van der Waals surface area (Å²) in [5.74, 6) is 1.03. The molecule has 1 fully saturated rings. The molecule has 3 aromatic carbocycles. The number of phenolic OH excluding ortho intramolecular Hbond substituents is 1. The van der Waals surface area contributed by atoms with Crippen molar-refractivity contribution in [1.29, 1.82) is 0 Å². The molecule has 38 heavy (non-hydrogen) atoms. The standard InChI is InChI=1S/C30H28FN3O4/c1-32-17-19(24-16-22(37-2)7-9-26(24)32)15-28-29(36)23-8-10-27(35)25(30(23)38-28)18-33-11-13-34(14-12-33)21-5-3-20(31)4-6-21/h3-10,15-17,35H,11-14,18H2,1-2H3/b28-15+. The molecule has 4 aromatic rings. The van der Waals surface area contributed by atoms with Gasteiger partial charge in [-0.2, -0.15) is 0 Å². The molecule has 0 radical (unpaired) electrons. The van der Waals surface area contributed by atoms with E-state index in [-0.39, 0.29) is 23.1 Å². The quantitative estimate of drug-likeness (QED) is 0.380. The Balaban J connectivity index is 1.23. The summed E-state index contributed by atoms with van der Waals surface area (Å²) in [5, 5.41) is 11.7. The first-order valence-corrected chi connectivity index (χ1v) is 12.6. The molecule has 2 aliphatic rings. The molecular formula is C30H28FN3O4. The van der Waals surface area contributed by atoms with E-state index in [4.69, 9.17) is 9.47 Å². The molecule has 0 atom stereocenters. The van der Waals surface area contributed by atoms with E-state index < -0.39 is 0 Å². The highest BCUT2D eigenvalue weighted by Crippen LogP contribution is 2.41. The number of ether oxygens (including phenoxy) is 2. The highest BCUT2D eigenvalue weighted by atomic mass is 19.1. The molecule has 0 amide bonds. The molecule has 194 valence electrons. The lowest BCUT2D eigenvalue weighted by atomic mass is 10.0. The van der Waals surface area contributed by atoms with Gasteiger partial charge in [-0.05, 0) is 60.7 Å². The predicted molar refractivity (Wildman–Crippen MR) is 144 cm³/mol. The summed E-state index contributed by atoms with van der Waals surface area (Å²) in [7, 11) is 3.58. The van der Waals surface area contributed by atoms with Crippen molar-refractivity contribution in [1.82, 2.24) is 9.47 Å². The van der Waals surface area contributed by atoms with Crippen LogP contribution in [0.25, 0.3) is 17.0 Å². The van der Waals surface area contributed by atoms with E-state index in [1.54, 1.807) is 37.5 Å². The average Bonchev–Trinajstić information content (AvgIpc) is 3.42. The summed E-state index contributed by atoms with van der Waals surface area (Å²) >= 11 is 0. The largest absolute Gasteiger partial charge is 0.507 e. The Kier molecular flexibility index (Phi) is 6.04. The molecule has 6 rings (SSSR count). The number of allylic oxidation sites excluding steroid dienone is 1. The van der Waals surface area contributed by atoms with Crippen molar-refractivity contribution in [3.05, 3.63) is 89.1 Å². The molecule has 1 N–H and O–H groups in total. The van der Waals surface area contributed by atoms with Gasteiger partial charge in [-0.25, -0.2) is 4.39 Å². The van der Waals surface area contributed by atoms with Crippen molar-refractivity contribution < 1.29 is 23.8 Å². The average molecular weight is 514 g/mol. The van der Waals surface area contributed by atoms with Crippen LogP contribution in [-0.4, -0.2) is 53.6 Å². The van der Waals surface area contributed by atoms with Crippen molar-refractivity contribution in [3.63, 3.8) is 0 Å². The minimum Gasteiger partial charge on any atom is -0.507 e. The number of carbonyl (C=O) groups is 1. The monoisotopic (exact) mass is 513 g/mol. The zero-order valence-corrected chi connectivity index (χ0v) is 21.3. The lowest BCUT2D eigenvalue weighted by molar-refractivity contribution is 0.101. The molecule has 0 saturated carbocycles. The van der Waals surface area contributed by atoms with Crippen molar-refractivity contribution in [2.45, 2.75) is 6.54 Å². The Labute approximate surface area is 219 Å². The highest BCUT2D eigenvalue weighted by molar-refractivity contribution is 6.15. The van der Waals surface area contributed by atoms with Crippen LogP contribution in [0.1, 0.15) is 21.5 Å². The number of halogens is 1. The molecule has 1 saturated heterocycles. The number of phenols is 1. The smallest absolute Gasteiger partial charge is 0.231 e. The van der Waals surface area contributed by atoms with Crippen LogP contribution >= 0.6 is 0 Å². The maximum atomic E-state index is 13.3. The van der Waals surface area contributed by atoms with Gasteiger partial charge in [0.05, 0.1) is 18.2 Å². The number of benzene rings is 3. The molecular weight excluding hydrogens is 485 g/mol. The van der Waals surface area contributed by atoms with Crippen LogP contribution in [0, 0.1) is 5.82 Å². The second-order valence-electron chi connectivity index (χ2n) is 9.70. The van der Waals surface area contributed by atoms with Crippen LogP contribution in [0.3, 0.4) is 0 Å². The summed E-state index contributed by atoms with van der Waals surface area (Å²) < 4.78 is 26.8. The fraction of sp³-hybridized carbons (Fsp3) is 0.233. The second-order valence-corrected chi connectivity index (χ2v) is 9.70. The van der Waals surface area contributed by atoms with Crippen LogP contribution in [0.2, 0.25) is 0 Å². The molecule has 0 spiro atoms. The number of aromatic nitrogens is 1. The van der Waals surface area contributed by atoms with E-state index in [0.29, 0.717) is 23.4 Å². The van der Waals surface area contributed by atoms with Gasteiger partial charge in [-0.3, -0.25) is 9.69 Å². The number of rotatable bonds is 5. The molecule has 0 aliphatic carbocycles. The van der Waals surface area contributed by atoms with Gasteiger partial charge >= 0.3 is 0 Å². The summed E-state index contributed by atoms with van der Waals surface area (Å²) in [6.07, 6.45) is 3.71. The van der Waals surface area contributed by atoms with E-state index in [0.717, 1.165) is 54.1 Å². The van der Waals surface area contributed by atoms with Gasteiger partial charge in [0.25, 0.3) is 0 Å². The van der Waals surface area contributed by atoms with E-state index in [1.165, 1.54) is 12.1 Å². The van der Waals surface area contributed by atoms with Gasteiger partial charge in [0.2, 0.25) is 5.78 Å². The van der Waals surface area contributed by atoms with Gasteiger partial charge in [0, 0.05) is 68.1 Å². The van der Waals surface area contributed by atoms with E-state index >= 15 is 0 Å². The lowest BCUT2D eigenvalue weighted by Gasteiger charge is -2.36. The number of nitrogens with zero attached hydrogens (tertiary/aromatic N) is 3. The highest BCUT2D eigenvalue weighted by Gasteiger charge is 2.32. The Morgan fingerprint density at radius 3 is 2.55 bits per heavy atom. The SMILES string of the molecule is COc1ccc2c(c1)c(/C=C1/Oc3c(ccc(O)c3CN3CCN(c4ccc(F)cc4)CC3)C1=O)cn2C. The number of anilines is 1. The lowest BCUT2D eigenvalue weighted by Crippen LogP contribution is -2.46. The number of carbonyl (C=O) groups excluding carboxylic acids is 1. The van der Waals surface area contributed by atoms with Gasteiger partial charge in [0.15, 0.2) is 5.76 Å². The molecule has 0 unspecified atom stereocenters. The molecule has 3 heterocycles. The summed E-state index contributed by atoms with van der Waals surface area (Å²) in [6.45, 7) is 3.52. The van der Waals surface area contributed by atoms with Crippen molar-refractivity contribution in [3.8, 4) is 17.2 Å². The zero-order valence-electron chi connectivity index (χ0n) is 21.3. The number of piperazine rings is 1. The maximum Gasteiger partial charge on any atom is 0.231 e. The maximum absolute atomic E-state index is 13.3. The third-order valence-electron chi connectivity index (χ3n) is 7.38. The molecule has 0 bridgehead atoms. The number of aryl methyl sites for hydroxylation is 1. The van der Waals surface area contributed by atoms with Crippen molar-refractivity contribution >= 4 is 28.4 Å². The minimum absolute atomic E-state index is 0.105.